The van der Waals surface area contributed by atoms with Crippen LogP contribution in [0.25, 0.3) is 0 Å². The van der Waals surface area contributed by atoms with Crippen molar-refractivity contribution in [2.45, 2.75) is 25.2 Å². The van der Waals surface area contributed by atoms with E-state index in [1.165, 1.54) is 0 Å². The zero-order valence-electron chi connectivity index (χ0n) is 10.1. The monoisotopic (exact) mass is 256 g/mol. The summed E-state index contributed by atoms with van der Waals surface area (Å²) in [6.45, 7) is 2.86. The summed E-state index contributed by atoms with van der Waals surface area (Å²) in [5.74, 6) is 2.18. The summed E-state index contributed by atoms with van der Waals surface area (Å²) in [6.07, 6.45) is 0.435. The lowest BCUT2D eigenvalue weighted by Crippen LogP contribution is -2.14. The predicted octanol–water partition coefficient (Wildman–Crippen LogP) is 1.49. The number of hydrogen-bond donors (Lipinski definition) is 3. The molecule has 96 valence electrons. The van der Waals surface area contributed by atoms with Crippen molar-refractivity contribution in [1.29, 1.82) is 0 Å². The topological polar surface area (TPSA) is 65.4 Å². The average molecular weight is 256 g/mol. The molecule has 1 aromatic heterocycles. The van der Waals surface area contributed by atoms with Gasteiger partial charge in [0.1, 0.15) is 5.82 Å². The summed E-state index contributed by atoms with van der Waals surface area (Å²) in [5.41, 5.74) is 0.987. The molecule has 0 saturated carbocycles. The van der Waals surface area contributed by atoms with Gasteiger partial charge in [0, 0.05) is 18.1 Å². The number of thioether (sulfide) groups is 1. The molecule has 0 bridgehead atoms. The van der Waals surface area contributed by atoms with E-state index >= 15 is 0 Å². The minimum Gasteiger partial charge on any atom is -0.394 e. The lowest BCUT2D eigenvalue weighted by Gasteiger charge is -2.08. The van der Waals surface area contributed by atoms with Crippen molar-refractivity contribution >= 4 is 17.6 Å². The third kappa shape index (κ3) is 5.91. The summed E-state index contributed by atoms with van der Waals surface area (Å²) in [7, 11) is 0. The normalized spacial score (nSPS) is 12.4. The summed E-state index contributed by atoms with van der Waals surface area (Å²) < 4.78 is 0. The second-order valence-corrected chi connectivity index (χ2v) is 4.82. The van der Waals surface area contributed by atoms with Gasteiger partial charge < -0.3 is 15.5 Å². The molecule has 1 rings (SSSR count). The highest BCUT2D eigenvalue weighted by molar-refractivity contribution is 7.98. The first-order chi connectivity index (χ1) is 8.26. The van der Waals surface area contributed by atoms with Gasteiger partial charge in [-0.3, -0.25) is 0 Å². The fraction of sp³-hybridized carbons (Fsp3) is 0.583. The van der Waals surface area contributed by atoms with E-state index in [2.05, 4.69) is 17.2 Å². The number of hydrogen-bond acceptors (Lipinski definition) is 5. The Hall–Kier alpha value is -0.780. The molecule has 1 aromatic rings. The van der Waals surface area contributed by atoms with E-state index in [1.807, 2.05) is 18.2 Å². The van der Waals surface area contributed by atoms with Crippen LogP contribution in [0.5, 0.6) is 0 Å². The molecule has 0 fully saturated rings. The number of aliphatic hydroxyl groups excluding tert-OH is 2. The van der Waals surface area contributed by atoms with E-state index in [9.17, 15) is 5.11 Å². The summed E-state index contributed by atoms with van der Waals surface area (Å²) in [5, 5.41) is 21.1. The maximum Gasteiger partial charge on any atom is 0.126 e. The number of aliphatic hydroxyl groups is 2. The molecule has 1 unspecified atom stereocenters. The molecule has 0 aliphatic heterocycles. The fourth-order valence-electron chi connectivity index (χ4n) is 1.26. The first-order valence-corrected chi connectivity index (χ1v) is 6.98. The molecule has 3 N–H and O–H groups in total. The number of rotatable bonds is 8. The van der Waals surface area contributed by atoms with Crippen LogP contribution in [-0.4, -0.2) is 40.2 Å². The van der Waals surface area contributed by atoms with Gasteiger partial charge in [-0.05, 0) is 18.6 Å². The summed E-state index contributed by atoms with van der Waals surface area (Å²) in [6, 6.07) is 5.89. The second kappa shape index (κ2) is 8.33. The maximum absolute atomic E-state index is 9.20. The van der Waals surface area contributed by atoms with E-state index in [-0.39, 0.29) is 6.61 Å². The van der Waals surface area contributed by atoms with Gasteiger partial charge in [0.2, 0.25) is 0 Å². The van der Waals surface area contributed by atoms with Crippen molar-refractivity contribution in [3.63, 3.8) is 0 Å². The molecule has 1 heterocycles. The Morgan fingerprint density at radius 2 is 2.29 bits per heavy atom. The second-order valence-electron chi connectivity index (χ2n) is 3.79. The minimum atomic E-state index is -0.638. The Bertz CT molecular complexity index is 323. The number of aromatic nitrogens is 1. The predicted molar refractivity (Wildman–Crippen MR) is 72.3 cm³/mol. The van der Waals surface area contributed by atoms with Crippen molar-refractivity contribution in [3.05, 3.63) is 23.9 Å². The molecular weight excluding hydrogens is 236 g/mol. The van der Waals surface area contributed by atoms with Gasteiger partial charge in [-0.25, -0.2) is 4.98 Å². The molecule has 1 atom stereocenters. The summed E-state index contributed by atoms with van der Waals surface area (Å²) >= 11 is 1.57. The highest BCUT2D eigenvalue weighted by Gasteiger charge is 2.03. The van der Waals surface area contributed by atoms with E-state index < -0.39 is 6.10 Å². The van der Waals surface area contributed by atoms with Gasteiger partial charge >= 0.3 is 0 Å². The molecule has 0 amide bonds. The molecule has 0 aromatic carbocycles. The third-order valence-electron chi connectivity index (χ3n) is 2.13. The van der Waals surface area contributed by atoms with Crippen molar-refractivity contribution < 1.29 is 10.2 Å². The smallest absolute Gasteiger partial charge is 0.126 e. The highest BCUT2D eigenvalue weighted by atomic mass is 32.2. The van der Waals surface area contributed by atoms with E-state index in [4.69, 9.17) is 5.11 Å². The van der Waals surface area contributed by atoms with Gasteiger partial charge in [0.05, 0.1) is 18.4 Å². The van der Waals surface area contributed by atoms with Crippen LogP contribution in [0.1, 0.15) is 19.0 Å². The van der Waals surface area contributed by atoms with E-state index in [1.54, 1.807) is 11.8 Å². The molecule has 0 saturated heterocycles. The molecule has 0 spiro atoms. The van der Waals surface area contributed by atoms with Gasteiger partial charge in [0.25, 0.3) is 0 Å². The van der Waals surface area contributed by atoms with Crippen molar-refractivity contribution in [3.8, 4) is 0 Å². The Morgan fingerprint density at radius 3 is 3.00 bits per heavy atom. The van der Waals surface area contributed by atoms with E-state index in [0.29, 0.717) is 5.75 Å². The molecule has 0 aliphatic rings. The van der Waals surface area contributed by atoms with Crippen LogP contribution in [0.3, 0.4) is 0 Å². The Kier molecular flexibility index (Phi) is 7.00. The standard InChI is InChI=1S/C12H20N2O2S/c1-2-6-13-12-5-3-4-10(14-12)8-17-9-11(16)7-15/h3-5,11,15-16H,2,6-9H2,1H3,(H,13,14). The molecule has 17 heavy (non-hydrogen) atoms. The van der Waals surface area contributed by atoms with Crippen LogP contribution in [-0.2, 0) is 5.75 Å². The number of nitrogens with one attached hydrogen (secondary N) is 1. The van der Waals surface area contributed by atoms with Crippen molar-refractivity contribution in [2.75, 3.05) is 24.2 Å². The van der Waals surface area contributed by atoms with E-state index in [0.717, 1.165) is 30.2 Å². The Labute approximate surface area is 106 Å². The van der Waals surface area contributed by atoms with Gasteiger partial charge in [-0.1, -0.05) is 13.0 Å². The van der Waals surface area contributed by atoms with Gasteiger partial charge in [0.15, 0.2) is 0 Å². The van der Waals surface area contributed by atoms with Crippen LogP contribution in [0.4, 0.5) is 5.82 Å². The molecule has 0 radical (unpaired) electrons. The quantitative estimate of drug-likeness (QED) is 0.657. The zero-order valence-corrected chi connectivity index (χ0v) is 10.9. The lowest BCUT2D eigenvalue weighted by atomic mass is 10.3. The Morgan fingerprint density at radius 1 is 1.47 bits per heavy atom. The van der Waals surface area contributed by atoms with Gasteiger partial charge in [-0.2, -0.15) is 11.8 Å². The molecule has 5 heteroatoms. The van der Waals surface area contributed by atoms with Gasteiger partial charge in [-0.15, -0.1) is 0 Å². The Balaban J connectivity index is 2.37. The lowest BCUT2D eigenvalue weighted by molar-refractivity contribution is 0.113. The highest BCUT2D eigenvalue weighted by Crippen LogP contribution is 2.13. The largest absolute Gasteiger partial charge is 0.394 e. The first kappa shape index (κ1) is 14.3. The zero-order chi connectivity index (χ0) is 12.5. The van der Waals surface area contributed by atoms with Crippen LogP contribution >= 0.6 is 11.8 Å². The molecule has 0 aliphatic carbocycles. The minimum absolute atomic E-state index is 0.182. The fourth-order valence-corrected chi connectivity index (χ4v) is 2.13. The van der Waals surface area contributed by atoms with Crippen LogP contribution in [0.15, 0.2) is 18.2 Å². The average Bonchev–Trinajstić information content (AvgIpc) is 2.36. The van der Waals surface area contributed by atoms with Crippen LogP contribution < -0.4 is 5.32 Å². The summed E-state index contributed by atoms with van der Waals surface area (Å²) in [4.78, 5) is 4.46. The number of anilines is 1. The van der Waals surface area contributed by atoms with Crippen molar-refractivity contribution in [1.82, 2.24) is 4.98 Å². The van der Waals surface area contributed by atoms with Crippen molar-refractivity contribution in [2.24, 2.45) is 0 Å². The SMILES string of the molecule is CCCNc1cccc(CSCC(O)CO)n1. The number of nitrogens with zero attached hydrogens (tertiary/aromatic N) is 1. The molecule has 4 nitrogen and oxygen atoms in total. The van der Waals surface area contributed by atoms with Crippen LogP contribution in [0.2, 0.25) is 0 Å². The van der Waals surface area contributed by atoms with Crippen LogP contribution in [0, 0.1) is 0 Å². The first-order valence-electron chi connectivity index (χ1n) is 5.82. The molecular formula is C12H20N2O2S. The number of pyridine rings is 1. The third-order valence-corrected chi connectivity index (χ3v) is 3.25. The maximum atomic E-state index is 9.20.